The van der Waals surface area contributed by atoms with Gasteiger partial charge in [0.05, 0.1) is 4.90 Å². The maximum Gasteiger partial charge on any atom is 0.294 e. The molecule has 2 aromatic rings. The van der Waals surface area contributed by atoms with Gasteiger partial charge in [0.25, 0.3) is 10.1 Å². The summed E-state index contributed by atoms with van der Waals surface area (Å²) in [5, 5.41) is 0. The van der Waals surface area contributed by atoms with Crippen molar-refractivity contribution in [1.82, 2.24) is 0 Å². The molecule has 0 bridgehead atoms. The highest BCUT2D eigenvalue weighted by molar-refractivity contribution is 7.85. The minimum Gasteiger partial charge on any atom is -0.412 e. The van der Waals surface area contributed by atoms with Crippen LogP contribution in [0.4, 0.5) is 5.69 Å². The predicted molar refractivity (Wildman–Crippen MR) is 86.9 cm³/mol. The topological polar surface area (TPSA) is 92.9 Å². The number of benzene rings is 2. The van der Waals surface area contributed by atoms with Crippen molar-refractivity contribution in [3.63, 3.8) is 0 Å². The Labute approximate surface area is 135 Å². The molecule has 0 unspecified atom stereocenters. The summed E-state index contributed by atoms with van der Waals surface area (Å²) in [4.78, 5) is 6.92. The molecule has 1 aliphatic rings. The Kier molecular flexibility index (Phi) is 4.25. The largest absolute Gasteiger partial charge is 0.412 e. The van der Waals surface area contributed by atoms with Gasteiger partial charge in [0.15, 0.2) is 0 Å². The number of fused-ring (bicyclic) bond motifs is 1. The SMILES string of the molecule is NOc1ccc2c(c1)CCCN2Cc1ccc(S(=O)(=O)O)cc1. The first-order valence-corrected chi connectivity index (χ1v) is 8.72. The van der Waals surface area contributed by atoms with E-state index in [1.807, 2.05) is 18.2 Å². The number of nitrogens with zero attached hydrogens (tertiary/aromatic N) is 1. The second-order valence-electron chi connectivity index (χ2n) is 5.55. The van der Waals surface area contributed by atoms with E-state index in [0.717, 1.165) is 30.6 Å². The number of nitrogens with two attached hydrogens (primary N) is 1. The first kappa shape index (κ1) is 15.8. The maximum atomic E-state index is 11.1. The van der Waals surface area contributed by atoms with Crippen molar-refractivity contribution in [3.05, 3.63) is 53.6 Å². The lowest BCUT2D eigenvalue weighted by molar-refractivity contribution is 0.334. The zero-order chi connectivity index (χ0) is 16.4. The highest BCUT2D eigenvalue weighted by atomic mass is 32.2. The minimum absolute atomic E-state index is 0.0926. The Balaban J connectivity index is 1.82. The molecule has 0 saturated heterocycles. The van der Waals surface area contributed by atoms with Gasteiger partial charge in [-0.3, -0.25) is 4.55 Å². The first-order valence-electron chi connectivity index (χ1n) is 7.28. The smallest absolute Gasteiger partial charge is 0.294 e. The van der Waals surface area contributed by atoms with E-state index in [1.54, 1.807) is 12.1 Å². The van der Waals surface area contributed by atoms with E-state index in [4.69, 9.17) is 15.3 Å². The number of hydrogen-bond donors (Lipinski definition) is 2. The molecule has 3 N–H and O–H groups in total. The van der Waals surface area contributed by atoms with E-state index in [1.165, 1.54) is 17.7 Å². The molecule has 1 heterocycles. The van der Waals surface area contributed by atoms with E-state index in [9.17, 15) is 8.42 Å². The van der Waals surface area contributed by atoms with Crippen LogP contribution in [0.25, 0.3) is 0 Å². The summed E-state index contributed by atoms with van der Waals surface area (Å²) in [6.07, 6.45) is 2.01. The van der Waals surface area contributed by atoms with E-state index in [-0.39, 0.29) is 4.90 Å². The molecule has 0 atom stereocenters. The molecule has 0 aromatic heterocycles. The molecule has 0 spiro atoms. The van der Waals surface area contributed by atoms with Crippen LogP contribution in [-0.2, 0) is 23.1 Å². The normalized spacial score (nSPS) is 14.4. The van der Waals surface area contributed by atoms with Crippen LogP contribution in [0.3, 0.4) is 0 Å². The maximum absolute atomic E-state index is 11.1. The lowest BCUT2D eigenvalue weighted by Gasteiger charge is -2.31. The van der Waals surface area contributed by atoms with E-state index >= 15 is 0 Å². The molecular weight excluding hydrogens is 316 g/mol. The standard InChI is InChI=1S/C16H18N2O4S/c17-22-14-5-8-16-13(10-14)2-1-9-18(16)11-12-3-6-15(7-4-12)23(19,20)21/h3-8,10H,1-2,9,11,17H2,(H,19,20,21). The minimum atomic E-state index is -4.15. The van der Waals surface area contributed by atoms with Gasteiger partial charge < -0.3 is 9.74 Å². The van der Waals surface area contributed by atoms with Crippen molar-refractivity contribution in [2.75, 3.05) is 11.4 Å². The van der Waals surface area contributed by atoms with Crippen molar-refractivity contribution in [1.29, 1.82) is 0 Å². The molecule has 23 heavy (non-hydrogen) atoms. The predicted octanol–water partition coefficient (Wildman–Crippen LogP) is 2.14. The van der Waals surface area contributed by atoms with Crippen LogP contribution in [-0.4, -0.2) is 19.5 Å². The molecule has 122 valence electrons. The number of aryl methyl sites for hydroxylation is 1. The van der Waals surface area contributed by atoms with Crippen LogP contribution in [0.2, 0.25) is 0 Å². The van der Waals surface area contributed by atoms with E-state index in [2.05, 4.69) is 4.90 Å². The Morgan fingerprint density at radius 1 is 1.17 bits per heavy atom. The zero-order valence-corrected chi connectivity index (χ0v) is 13.3. The summed E-state index contributed by atoms with van der Waals surface area (Å²) in [5.74, 6) is 5.85. The number of anilines is 1. The van der Waals surface area contributed by atoms with Gasteiger partial charge in [0.1, 0.15) is 5.75 Å². The van der Waals surface area contributed by atoms with Crippen LogP contribution < -0.4 is 15.6 Å². The van der Waals surface area contributed by atoms with Crippen LogP contribution >= 0.6 is 0 Å². The Bertz CT molecular complexity index is 803. The third kappa shape index (κ3) is 3.47. The molecule has 0 radical (unpaired) electrons. The summed E-state index contributed by atoms with van der Waals surface area (Å²) < 4.78 is 31.2. The summed E-state index contributed by atoms with van der Waals surface area (Å²) in [6, 6.07) is 12.0. The second kappa shape index (κ2) is 6.19. The fourth-order valence-electron chi connectivity index (χ4n) is 2.88. The summed E-state index contributed by atoms with van der Waals surface area (Å²) >= 11 is 0. The van der Waals surface area contributed by atoms with Crippen LogP contribution in [0.5, 0.6) is 5.75 Å². The monoisotopic (exact) mass is 334 g/mol. The fraction of sp³-hybridized carbons (Fsp3) is 0.250. The average Bonchev–Trinajstić information content (AvgIpc) is 2.54. The Hall–Kier alpha value is -2.09. The lowest BCUT2D eigenvalue weighted by atomic mass is 10.0. The molecule has 0 aliphatic carbocycles. The van der Waals surface area contributed by atoms with Crippen molar-refractivity contribution in [3.8, 4) is 5.75 Å². The highest BCUT2D eigenvalue weighted by Crippen LogP contribution is 2.31. The van der Waals surface area contributed by atoms with Gasteiger partial charge in [0, 0.05) is 18.8 Å². The van der Waals surface area contributed by atoms with E-state index in [0.29, 0.717) is 12.3 Å². The van der Waals surface area contributed by atoms with Gasteiger partial charge in [-0.25, -0.2) is 0 Å². The molecule has 6 nitrogen and oxygen atoms in total. The fourth-order valence-corrected chi connectivity index (χ4v) is 3.36. The summed E-state index contributed by atoms with van der Waals surface area (Å²) in [7, 11) is -4.15. The third-order valence-corrected chi connectivity index (χ3v) is 4.86. The second-order valence-corrected chi connectivity index (χ2v) is 6.97. The third-order valence-electron chi connectivity index (χ3n) is 4.00. The Morgan fingerprint density at radius 3 is 2.57 bits per heavy atom. The molecule has 7 heteroatoms. The van der Waals surface area contributed by atoms with Crippen molar-refractivity contribution in [2.45, 2.75) is 24.3 Å². The molecule has 1 aliphatic heterocycles. The molecule has 2 aromatic carbocycles. The Morgan fingerprint density at radius 2 is 1.91 bits per heavy atom. The zero-order valence-electron chi connectivity index (χ0n) is 12.5. The van der Waals surface area contributed by atoms with Crippen molar-refractivity contribution < 1.29 is 17.8 Å². The van der Waals surface area contributed by atoms with Gasteiger partial charge in [-0.2, -0.15) is 14.3 Å². The van der Waals surface area contributed by atoms with Gasteiger partial charge in [0.2, 0.25) is 0 Å². The van der Waals surface area contributed by atoms with Gasteiger partial charge in [-0.15, -0.1) is 0 Å². The van der Waals surface area contributed by atoms with Gasteiger partial charge in [-0.1, -0.05) is 12.1 Å². The van der Waals surface area contributed by atoms with Gasteiger partial charge >= 0.3 is 0 Å². The summed E-state index contributed by atoms with van der Waals surface area (Å²) in [6.45, 7) is 1.59. The average molecular weight is 334 g/mol. The quantitative estimate of drug-likeness (QED) is 0.657. The van der Waals surface area contributed by atoms with Crippen molar-refractivity contribution >= 4 is 15.8 Å². The molecule has 0 fully saturated rings. The van der Waals surface area contributed by atoms with Crippen LogP contribution in [0.15, 0.2) is 47.4 Å². The van der Waals surface area contributed by atoms with Crippen molar-refractivity contribution in [2.24, 2.45) is 5.90 Å². The molecule has 0 amide bonds. The van der Waals surface area contributed by atoms with Crippen LogP contribution in [0, 0.1) is 0 Å². The van der Waals surface area contributed by atoms with Crippen LogP contribution in [0.1, 0.15) is 17.5 Å². The molecule has 0 saturated carbocycles. The van der Waals surface area contributed by atoms with Gasteiger partial charge in [-0.05, 0) is 54.3 Å². The summed E-state index contributed by atoms with van der Waals surface area (Å²) in [5.41, 5.74) is 3.30. The molecule has 3 rings (SSSR count). The number of hydrogen-bond acceptors (Lipinski definition) is 5. The molecular formula is C16H18N2O4S. The van der Waals surface area contributed by atoms with E-state index < -0.39 is 10.1 Å². The first-order chi connectivity index (χ1) is 11.0. The number of rotatable bonds is 4. The highest BCUT2D eigenvalue weighted by Gasteiger charge is 2.18. The lowest BCUT2D eigenvalue weighted by Crippen LogP contribution is -2.28.